The molecule has 4 N–H and O–H groups in total. The Hall–Kier alpha value is -2.50. The van der Waals surface area contributed by atoms with E-state index in [1.54, 1.807) is 24.7 Å². The standard InChI is InChI=1S/C14H18N4O2/c15-12-9-11(14(19)20)3-4-13(12)17-5-1-2-7-18-8-6-16-10-18/h3-4,6,8-10,17H,1-2,5,7,15H2,(H,19,20). The van der Waals surface area contributed by atoms with Gasteiger partial charge in [-0.15, -0.1) is 0 Å². The first-order valence-corrected chi connectivity index (χ1v) is 6.49. The number of rotatable bonds is 7. The zero-order chi connectivity index (χ0) is 14.4. The normalized spacial score (nSPS) is 10.4. The second kappa shape index (κ2) is 6.60. The number of aryl methyl sites for hydroxylation is 1. The molecule has 6 nitrogen and oxygen atoms in total. The molecule has 0 atom stereocenters. The first kappa shape index (κ1) is 13.9. The Morgan fingerprint density at radius 2 is 2.25 bits per heavy atom. The van der Waals surface area contributed by atoms with E-state index in [0.717, 1.165) is 31.6 Å². The molecule has 2 rings (SSSR count). The Kier molecular flexibility index (Phi) is 4.60. The number of aromatic carboxylic acids is 1. The summed E-state index contributed by atoms with van der Waals surface area (Å²) in [6, 6.07) is 4.72. The summed E-state index contributed by atoms with van der Waals surface area (Å²) >= 11 is 0. The van der Waals surface area contributed by atoms with Crippen molar-refractivity contribution in [3.63, 3.8) is 0 Å². The molecule has 0 fully saturated rings. The molecule has 1 heterocycles. The minimum absolute atomic E-state index is 0.202. The van der Waals surface area contributed by atoms with Gasteiger partial charge in [-0.3, -0.25) is 0 Å². The number of carbonyl (C=O) groups is 1. The van der Waals surface area contributed by atoms with E-state index in [4.69, 9.17) is 10.8 Å². The molecule has 0 spiro atoms. The lowest BCUT2D eigenvalue weighted by Gasteiger charge is -2.10. The van der Waals surface area contributed by atoms with Crippen LogP contribution in [0.15, 0.2) is 36.9 Å². The van der Waals surface area contributed by atoms with Crippen LogP contribution in [0.1, 0.15) is 23.2 Å². The zero-order valence-electron chi connectivity index (χ0n) is 11.1. The van der Waals surface area contributed by atoms with Gasteiger partial charge >= 0.3 is 5.97 Å². The second-order valence-electron chi connectivity index (χ2n) is 4.54. The topological polar surface area (TPSA) is 93.2 Å². The fourth-order valence-electron chi connectivity index (χ4n) is 1.92. The SMILES string of the molecule is Nc1cc(C(=O)O)ccc1NCCCCn1ccnc1. The number of carboxylic acid groups (broad SMARTS) is 1. The Bertz CT molecular complexity index is 567. The van der Waals surface area contributed by atoms with Crippen LogP contribution < -0.4 is 11.1 Å². The van der Waals surface area contributed by atoms with E-state index >= 15 is 0 Å². The van der Waals surface area contributed by atoms with E-state index < -0.39 is 5.97 Å². The van der Waals surface area contributed by atoms with Crippen LogP contribution in [0, 0.1) is 0 Å². The molecular weight excluding hydrogens is 256 g/mol. The molecule has 0 saturated heterocycles. The third-order valence-corrected chi connectivity index (χ3v) is 3.02. The van der Waals surface area contributed by atoms with Crippen LogP contribution in [-0.4, -0.2) is 27.2 Å². The fourth-order valence-corrected chi connectivity index (χ4v) is 1.92. The van der Waals surface area contributed by atoms with Crippen LogP contribution in [0.2, 0.25) is 0 Å². The predicted molar refractivity (Wildman–Crippen MR) is 77.8 cm³/mol. The highest BCUT2D eigenvalue weighted by Gasteiger charge is 2.05. The lowest BCUT2D eigenvalue weighted by atomic mass is 10.1. The van der Waals surface area contributed by atoms with Gasteiger partial charge in [0.05, 0.1) is 23.3 Å². The fraction of sp³-hybridized carbons (Fsp3) is 0.286. The first-order chi connectivity index (χ1) is 9.66. The quantitative estimate of drug-likeness (QED) is 0.531. The number of carboxylic acids is 1. The summed E-state index contributed by atoms with van der Waals surface area (Å²) in [4.78, 5) is 14.8. The van der Waals surface area contributed by atoms with E-state index in [1.165, 1.54) is 6.07 Å². The van der Waals surface area contributed by atoms with Gasteiger partial charge in [-0.05, 0) is 31.0 Å². The predicted octanol–water partition coefficient (Wildman–Crippen LogP) is 2.06. The maximum atomic E-state index is 10.8. The van der Waals surface area contributed by atoms with Crippen LogP contribution >= 0.6 is 0 Å². The van der Waals surface area contributed by atoms with Gasteiger partial charge in [0.25, 0.3) is 0 Å². The highest BCUT2D eigenvalue weighted by Crippen LogP contribution is 2.19. The summed E-state index contributed by atoms with van der Waals surface area (Å²) in [5.74, 6) is -0.969. The van der Waals surface area contributed by atoms with E-state index in [2.05, 4.69) is 10.3 Å². The number of benzene rings is 1. The summed E-state index contributed by atoms with van der Waals surface area (Å²) in [6.45, 7) is 1.74. The van der Waals surface area contributed by atoms with Gasteiger partial charge in [0.1, 0.15) is 0 Å². The third-order valence-electron chi connectivity index (χ3n) is 3.02. The molecule has 0 bridgehead atoms. The average Bonchev–Trinajstić information content (AvgIpc) is 2.93. The van der Waals surface area contributed by atoms with Crippen molar-refractivity contribution in [3.05, 3.63) is 42.5 Å². The number of hydrogen-bond donors (Lipinski definition) is 3. The molecule has 106 valence electrons. The number of hydrogen-bond acceptors (Lipinski definition) is 4. The van der Waals surface area contributed by atoms with Crippen molar-refractivity contribution in [2.45, 2.75) is 19.4 Å². The molecule has 20 heavy (non-hydrogen) atoms. The van der Waals surface area contributed by atoms with Crippen molar-refractivity contribution >= 4 is 17.3 Å². The van der Waals surface area contributed by atoms with Gasteiger partial charge in [0.15, 0.2) is 0 Å². The number of unbranched alkanes of at least 4 members (excludes halogenated alkanes) is 1. The lowest BCUT2D eigenvalue weighted by Crippen LogP contribution is -2.07. The molecular formula is C14H18N4O2. The Morgan fingerprint density at radius 1 is 1.40 bits per heavy atom. The third kappa shape index (κ3) is 3.74. The van der Waals surface area contributed by atoms with Crippen molar-refractivity contribution in [3.8, 4) is 0 Å². The molecule has 0 aliphatic heterocycles. The van der Waals surface area contributed by atoms with E-state index in [-0.39, 0.29) is 5.56 Å². The van der Waals surface area contributed by atoms with Crippen molar-refractivity contribution in [1.82, 2.24) is 9.55 Å². The highest BCUT2D eigenvalue weighted by molar-refractivity contribution is 5.90. The summed E-state index contributed by atoms with van der Waals surface area (Å²) in [5, 5.41) is 12.1. The number of imidazole rings is 1. The van der Waals surface area contributed by atoms with Gasteiger partial charge < -0.3 is 20.7 Å². The molecule has 0 amide bonds. The number of anilines is 2. The first-order valence-electron chi connectivity index (χ1n) is 6.49. The summed E-state index contributed by atoms with van der Waals surface area (Å²) < 4.78 is 2.04. The van der Waals surface area contributed by atoms with Gasteiger partial charge in [-0.25, -0.2) is 9.78 Å². The number of nitrogen functional groups attached to an aromatic ring is 1. The molecule has 0 aliphatic rings. The minimum Gasteiger partial charge on any atom is -0.478 e. The smallest absolute Gasteiger partial charge is 0.335 e. The van der Waals surface area contributed by atoms with Crippen LogP contribution in [0.25, 0.3) is 0 Å². The van der Waals surface area contributed by atoms with Crippen LogP contribution in [0.5, 0.6) is 0 Å². The molecule has 1 aromatic heterocycles. The largest absolute Gasteiger partial charge is 0.478 e. The minimum atomic E-state index is -0.969. The van der Waals surface area contributed by atoms with Crippen molar-refractivity contribution in [1.29, 1.82) is 0 Å². The number of aromatic nitrogens is 2. The average molecular weight is 274 g/mol. The van der Waals surface area contributed by atoms with Gasteiger partial charge in [-0.2, -0.15) is 0 Å². The molecule has 6 heteroatoms. The summed E-state index contributed by atoms with van der Waals surface area (Å²) in [5.41, 5.74) is 7.25. The van der Waals surface area contributed by atoms with Crippen LogP contribution in [0.3, 0.4) is 0 Å². The Morgan fingerprint density at radius 3 is 2.90 bits per heavy atom. The molecule has 0 aliphatic carbocycles. The molecule has 1 aromatic carbocycles. The highest BCUT2D eigenvalue weighted by atomic mass is 16.4. The van der Waals surface area contributed by atoms with E-state index in [1.807, 2.05) is 10.8 Å². The number of nitrogens with zero attached hydrogens (tertiary/aromatic N) is 2. The Labute approximate surface area is 117 Å². The molecule has 0 radical (unpaired) electrons. The molecule has 2 aromatic rings. The lowest BCUT2D eigenvalue weighted by molar-refractivity contribution is 0.0697. The maximum absolute atomic E-state index is 10.8. The van der Waals surface area contributed by atoms with Crippen molar-refractivity contribution in [2.75, 3.05) is 17.6 Å². The summed E-state index contributed by atoms with van der Waals surface area (Å²) in [6.07, 6.45) is 7.55. The second-order valence-corrected chi connectivity index (χ2v) is 4.54. The zero-order valence-corrected chi connectivity index (χ0v) is 11.1. The molecule has 0 saturated carbocycles. The van der Waals surface area contributed by atoms with Crippen LogP contribution in [-0.2, 0) is 6.54 Å². The maximum Gasteiger partial charge on any atom is 0.335 e. The van der Waals surface area contributed by atoms with Gasteiger partial charge in [0, 0.05) is 25.5 Å². The van der Waals surface area contributed by atoms with E-state index in [9.17, 15) is 4.79 Å². The van der Waals surface area contributed by atoms with Gasteiger partial charge in [0.2, 0.25) is 0 Å². The van der Waals surface area contributed by atoms with Crippen LogP contribution in [0.4, 0.5) is 11.4 Å². The van der Waals surface area contributed by atoms with Crippen molar-refractivity contribution < 1.29 is 9.90 Å². The summed E-state index contributed by atoms with van der Waals surface area (Å²) in [7, 11) is 0. The number of nitrogens with one attached hydrogen (secondary N) is 1. The number of nitrogens with two attached hydrogens (primary N) is 1. The van der Waals surface area contributed by atoms with Gasteiger partial charge in [-0.1, -0.05) is 0 Å². The molecule has 0 unspecified atom stereocenters. The Balaban J connectivity index is 1.75. The monoisotopic (exact) mass is 274 g/mol. The van der Waals surface area contributed by atoms with E-state index in [0.29, 0.717) is 5.69 Å². The van der Waals surface area contributed by atoms with Crippen molar-refractivity contribution in [2.24, 2.45) is 0 Å².